The van der Waals surface area contributed by atoms with E-state index in [9.17, 15) is 4.79 Å². The number of carbonyl (C=O) groups is 1. The second-order valence-electron chi connectivity index (χ2n) is 4.61. The van der Waals surface area contributed by atoms with E-state index in [0.29, 0.717) is 6.61 Å². The molecule has 1 aliphatic heterocycles. The van der Waals surface area contributed by atoms with Crippen molar-refractivity contribution in [3.63, 3.8) is 0 Å². The minimum atomic E-state index is -0.365. The molecule has 0 spiro atoms. The lowest BCUT2D eigenvalue weighted by Gasteiger charge is -2.24. The normalized spacial score (nSPS) is 18.0. The molecule has 1 aliphatic rings. The van der Waals surface area contributed by atoms with Gasteiger partial charge in [0.2, 0.25) is 0 Å². The molecule has 1 saturated heterocycles. The van der Waals surface area contributed by atoms with E-state index in [0.717, 1.165) is 23.5 Å². The highest BCUT2D eigenvalue weighted by Crippen LogP contribution is 2.26. The first-order valence-electron chi connectivity index (χ1n) is 6.57. The van der Waals surface area contributed by atoms with Crippen LogP contribution in [-0.2, 0) is 4.74 Å². The third-order valence-corrected chi connectivity index (χ3v) is 3.17. The van der Waals surface area contributed by atoms with Crippen LogP contribution in [0.1, 0.15) is 18.0 Å². The molecule has 3 rings (SSSR count). The molecule has 0 aromatic heterocycles. The molecule has 0 aliphatic carbocycles. The summed E-state index contributed by atoms with van der Waals surface area (Å²) in [5, 5.41) is 2.81. The van der Waals surface area contributed by atoms with Crippen LogP contribution < -0.4 is 10.1 Å². The van der Waals surface area contributed by atoms with Crippen LogP contribution in [-0.4, -0.2) is 12.7 Å². The van der Waals surface area contributed by atoms with Crippen LogP contribution >= 0.6 is 0 Å². The fourth-order valence-electron chi connectivity index (χ4n) is 2.19. The number of benzene rings is 2. The Hall–Kier alpha value is -2.49. The van der Waals surface area contributed by atoms with Gasteiger partial charge in [-0.05, 0) is 29.8 Å². The number of hydrogen-bond donors (Lipinski definition) is 1. The Bertz CT molecular complexity index is 598. The summed E-state index contributed by atoms with van der Waals surface area (Å²) in [5.41, 5.74) is 1.02. The topological polar surface area (TPSA) is 47.6 Å². The number of nitrogens with one attached hydrogen (secondary N) is 1. The Morgan fingerprint density at radius 3 is 2.65 bits per heavy atom. The SMILES string of the molecule is O=C1N[C@@H](c2cccc(Oc3ccccc3)c2)CCO1. The Labute approximate surface area is 117 Å². The van der Waals surface area contributed by atoms with Gasteiger partial charge in [0.05, 0.1) is 12.6 Å². The number of alkyl carbamates (subject to hydrolysis) is 1. The zero-order valence-corrected chi connectivity index (χ0v) is 10.9. The predicted octanol–water partition coefficient (Wildman–Crippen LogP) is 3.65. The number of rotatable bonds is 3. The summed E-state index contributed by atoms with van der Waals surface area (Å²) in [7, 11) is 0. The van der Waals surface area contributed by atoms with Crippen molar-refractivity contribution in [1.29, 1.82) is 0 Å². The first-order chi connectivity index (χ1) is 9.81. The van der Waals surface area contributed by atoms with Crippen LogP contribution in [0.5, 0.6) is 11.5 Å². The molecule has 1 amide bonds. The summed E-state index contributed by atoms with van der Waals surface area (Å²) < 4.78 is 10.7. The highest BCUT2D eigenvalue weighted by Gasteiger charge is 2.20. The summed E-state index contributed by atoms with van der Waals surface area (Å²) >= 11 is 0. The zero-order valence-electron chi connectivity index (χ0n) is 10.9. The van der Waals surface area contributed by atoms with Gasteiger partial charge in [0.25, 0.3) is 0 Å². The van der Waals surface area contributed by atoms with Crippen molar-refractivity contribution in [2.45, 2.75) is 12.5 Å². The summed E-state index contributed by atoms with van der Waals surface area (Å²) in [5.74, 6) is 1.55. The Morgan fingerprint density at radius 1 is 1.05 bits per heavy atom. The number of hydrogen-bond acceptors (Lipinski definition) is 3. The van der Waals surface area contributed by atoms with Gasteiger partial charge in [-0.2, -0.15) is 0 Å². The first kappa shape index (κ1) is 12.5. The highest BCUT2D eigenvalue weighted by atomic mass is 16.5. The van der Waals surface area contributed by atoms with Crippen LogP contribution in [0, 0.1) is 0 Å². The molecule has 4 nitrogen and oxygen atoms in total. The molecule has 2 aromatic carbocycles. The van der Waals surface area contributed by atoms with E-state index in [2.05, 4.69) is 5.32 Å². The summed E-state index contributed by atoms with van der Waals surface area (Å²) in [6, 6.07) is 17.3. The van der Waals surface area contributed by atoms with Crippen molar-refractivity contribution in [1.82, 2.24) is 5.32 Å². The number of ether oxygens (including phenoxy) is 2. The molecule has 1 atom stereocenters. The quantitative estimate of drug-likeness (QED) is 0.925. The maximum absolute atomic E-state index is 11.3. The molecule has 1 fully saturated rings. The summed E-state index contributed by atoms with van der Waals surface area (Å²) in [4.78, 5) is 11.3. The Morgan fingerprint density at radius 2 is 1.85 bits per heavy atom. The number of carbonyl (C=O) groups excluding carboxylic acids is 1. The average Bonchev–Trinajstić information content (AvgIpc) is 2.49. The zero-order chi connectivity index (χ0) is 13.8. The molecule has 102 valence electrons. The maximum Gasteiger partial charge on any atom is 0.407 e. The number of para-hydroxylation sites is 1. The molecular weight excluding hydrogens is 254 g/mol. The molecule has 0 bridgehead atoms. The van der Waals surface area contributed by atoms with Gasteiger partial charge >= 0.3 is 6.09 Å². The van der Waals surface area contributed by atoms with E-state index in [1.807, 2.05) is 54.6 Å². The van der Waals surface area contributed by atoms with E-state index in [-0.39, 0.29) is 12.1 Å². The van der Waals surface area contributed by atoms with Gasteiger partial charge in [0.15, 0.2) is 0 Å². The minimum Gasteiger partial charge on any atom is -0.457 e. The van der Waals surface area contributed by atoms with E-state index in [1.165, 1.54) is 0 Å². The van der Waals surface area contributed by atoms with Gasteiger partial charge in [-0.15, -0.1) is 0 Å². The molecular formula is C16H15NO3. The van der Waals surface area contributed by atoms with Crippen molar-refractivity contribution in [2.24, 2.45) is 0 Å². The van der Waals surface area contributed by atoms with E-state index >= 15 is 0 Å². The molecule has 1 heterocycles. The second-order valence-corrected chi connectivity index (χ2v) is 4.61. The lowest BCUT2D eigenvalue weighted by molar-refractivity contribution is 0.115. The van der Waals surface area contributed by atoms with Crippen molar-refractivity contribution in [3.8, 4) is 11.5 Å². The fourth-order valence-corrected chi connectivity index (χ4v) is 2.19. The van der Waals surface area contributed by atoms with E-state index in [4.69, 9.17) is 9.47 Å². The number of cyclic esters (lactones) is 1. The van der Waals surface area contributed by atoms with Gasteiger partial charge in [0, 0.05) is 6.42 Å². The summed E-state index contributed by atoms with van der Waals surface area (Å²) in [6.45, 7) is 0.445. The van der Waals surface area contributed by atoms with Crippen molar-refractivity contribution in [3.05, 3.63) is 60.2 Å². The molecule has 0 unspecified atom stereocenters. The van der Waals surface area contributed by atoms with Crippen LogP contribution in [0.4, 0.5) is 4.79 Å². The largest absolute Gasteiger partial charge is 0.457 e. The fraction of sp³-hybridized carbons (Fsp3) is 0.188. The van der Waals surface area contributed by atoms with Gasteiger partial charge in [-0.1, -0.05) is 30.3 Å². The second kappa shape index (κ2) is 5.65. The van der Waals surface area contributed by atoms with Crippen LogP contribution in [0.15, 0.2) is 54.6 Å². The average molecular weight is 269 g/mol. The van der Waals surface area contributed by atoms with Crippen molar-refractivity contribution in [2.75, 3.05) is 6.61 Å². The Kier molecular flexibility index (Phi) is 3.54. The van der Waals surface area contributed by atoms with Gasteiger partial charge in [-0.25, -0.2) is 4.79 Å². The third kappa shape index (κ3) is 2.91. The monoisotopic (exact) mass is 269 g/mol. The lowest BCUT2D eigenvalue weighted by atomic mass is 10.0. The predicted molar refractivity (Wildman–Crippen MR) is 74.8 cm³/mol. The van der Waals surface area contributed by atoms with Crippen LogP contribution in [0.3, 0.4) is 0 Å². The minimum absolute atomic E-state index is 0.0180. The standard InChI is InChI=1S/C16H15NO3/c18-16-17-15(9-10-19-16)12-5-4-8-14(11-12)20-13-6-2-1-3-7-13/h1-8,11,15H,9-10H2,(H,17,18)/t15-/m1/s1. The highest BCUT2D eigenvalue weighted by molar-refractivity contribution is 5.68. The third-order valence-electron chi connectivity index (χ3n) is 3.17. The van der Waals surface area contributed by atoms with Gasteiger partial charge in [0.1, 0.15) is 11.5 Å². The molecule has 2 aromatic rings. The maximum atomic E-state index is 11.3. The molecule has 4 heteroatoms. The van der Waals surface area contributed by atoms with Gasteiger partial charge < -0.3 is 14.8 Å². The summed E-state index contributed by atoms with van der Waals surface area (Å²) in [6.07, 6.45) is 0.399. The smallest absolute Gasteiger partial charge is 0.407 e. The first-order valence-corrected chi connectivity index (χ1v) is 6.57. The van der Waals surface area contributed by atoms with Crippen LogP contribution in [0.2, 0.25) is 0 Å². The van der Waals surface area contributed by atoms with E-state index in [1.54, 1.807) is 0 Å². The van der Waals surface area contributed by atoms with Crippen LogP contribution in [0.25, 0.3) is 0 Å². The van der Waals surface area contributed by atoms with Crippen molar-refractivity contribution >= 4 is 6.09 Å². The Balaban J connectivity index is 1.77. The van der Waals surface area contributed by atoms with Crippen molar-refractivity contribution < 1.29 is 14.3 Å². The lowest BCUT2D eigenvalue weighted by Crippen LogP contribution is -2.35. The molecule has 0 radical (unpaired) electrons. The van der Waals surface area contributed by atoms with Gasteiger partial charge in [-0.3, -0.25) is 0 Å². The number of amides is 1. The molecule has 1 N–H and O–H groups in total. The molecule has 20 heavy (non-hydrogen) atoms. The van der Waals surface area contributed by atoms with E-state index < -0.39 is 0 Å². The molecule has 0 saturated carbocycles.